The lowest BCUT2D eigenvalue weighted by atomic mass is 10.00. The van der Waals surface area contributed by atoms with E-state index >= 15 is 0 Å². The molecule has 1 N–H and O–H groups in total. The number of halogens is 3. The van der Waals surface area contributed by atoms with E-state index in [1.165, 1.54) is 29.8 Å². The summed E-state index contributed by atoms with van der Waals surface area (Å²) in [6.45, 7) is 4.50. The number of ether oxygens (including phenoxy) is 1. The van der Waals surface area contributed by atoms with Gasteiger partial charge >= 0.3 is 6.18 Å². The smallest absolute Gasteiger partial charge is 0.383 e. The molecule has 0 aliphatic carbocycles. The quantitative estimate of drug-likeness (QED) is 0.657. The number of amides is 2. The topological polar surface area (TPSA) is 58.6 Å². The van der Waals surface area contributed by atoms with Crippen molar-refractivity contribution in [2.75, 3.05) is 26.0 Å². The van der Waals surface area contributed by atoms with Gasteiger partial charge in [0.1, 0.15) is 11.4 Å². The monoisotopic (exact) mass is 418 g/mol. The van der Waals surface area contributed by atoms with Gasteiger partial charge in [-0.15, -0.1) is 11.8 Å². The van der Waals surface area contributed by atoms with Crippen molar-refractivity contribution in [3.05, 3.63) is 35.4 Å². The molecule has 0 bridgehead atoms. The molecular weight excluding hydrogens is 393 g/mol. The maximum absolute atomic E-state index is 13.1. The molecule has 1 aromatic rings. The zero-order chi connectivity index (χ0) is 20.9. The summed E-state index contributed by atoms with van der Waals surface area (Å²) in [6, 6.07) is 4.19. The molecule has 1 aromatic carbocycles. The van der Waals surface area contributed by atoms with Gasteiger partial charge in [-0.2, -0.15) is 13.2 Å². The van der Waals surface area contributed by atoms with Gasteiger partial charge in [0.15, 0.2) is 0 Å². The lowest BCUT2D eigenvalue weighted by Gasteiger charge is -2.33. The molecular formula is C19H25F3N2O3S. The Labute approximate surface area is 167 Å². The summed E-state index contributed by atoms with van der Waals surface area (Å²) < 4.78 is 44.2. The third-order valence-electron chi connectivity index (χ3n) is 4.34. The first-order valence-corrected chi connectivity index (χ1v) is 10.1. The van der Waals surface area contributed by atoms with E-state index in [0.717, 1.165) is 12.1 Å². The van der Waals surface area contributed by atoms with Crippen LogP contribution in [-0.2, 0) is 20.5 Å². The van der Waals surface area contributed by atoms with Gasteiger partial charge in [0, 0.05) is 13.7 Å². The second-order valence-electron chi connectivity index (χ2n) is 7.02. The highest BCUT2D eigenvalue weighted by atomic mass is 32.2. The largest absolute Gasteiger partial charge is 0.416 e. The summed E-state index contributed by atoms with van der Waals surface area (Å²) in [4.78, 5) is 26.7. The molecule has 1 aliphatic heterocycles. The highest BCUT2D eigenvalue weighted by Crippen LogP contribution is 2.42. The van der Waals surface area contributed by atoms with Crippen LogP contribution in [0.15, 0.2) is 24.3 Å². The number of nitrogens with one attached hydrogen (secondary N) is 1. The number of thioether (sulfide) groups is 1. The van der Waals surface area contributed by atoms with Gasteiger partial charge in [-0.3, -0.25) is 9.59 Å². The minimum atomic E-state index is -4.47. The molecule has 156 valence electrons. The number of nitrogens with zero attached hydrogens (tertiary/aromatic N) is 1. The lowest BCUT2D eigenvalue weighted by Crippen LogP contribution is -2.49. The number of hydrogen-bond donors (Lipinski definition) is 1. The molecule has 0 unspecified atom stereocenters. The average molecular weight is 418 g/mol. The maximum Gasteiger partial charge on any atom is 0.416 e. The van der Waals surface area contributed by atoms with Crippen molar-refractivity contribution in [1.29, 1.82) is 0 Å². The van der Waals surface area contributed by atoms with Crippen molar-refractivity contribution in [2.24, 2.45) is 5.92 Å². The van der Waals surface area contributed by atoms with Crippen LogP contribution in [0.1, 0.15) is 36.8 Å². The van der Waals surface area contributed by atoms with Gasteiger partial charge in [0.05, 0.1) is 17.9 Å². The number of hydrogen-bond acceptors (Lipinski definition) is 4. The summed E-state index contributed by atoms with van der Waals surface area (Å²) >= 11 is 1.24. The second kappa shape index (κ2) is 9.65. The van der Waals surface area contributed by atoms with Crippen molar-refractivity contribution in [3.63, 3.8) is 0 Å². The number of carbonyl (C=O) groups is 2. The molecule has 0 radical (unpaired) electrons. The molecule has 1 heterocycles. The summed E-state index contributed by atoms with van der Waals surface area (Å²) in [6.07, 6.45) is -4.05. The van der Waals surface area contributed by atoms with Gasteiger partial charge < -0.3 is 15.0 Å². The molecule has 0 saturated carbocycles. The second-order valence-corrected chi connectivity index (χ2v) is 8.09. The van der Waals surface area contributed by atoms with Gasteiger partial charge in [-0.05, 0) is 30.0 Å². The van der Waals surface area contributed by atoms with Gasteiger partial charge in [-0.25, -0.2) is 0 Å². The minimum absolute atomic E-state index is 0.124. The Kier molecular flexibility index (Phi) is 7.77. The molecule has 9 heteroatoms. The summed E-state index contributed by atoms with van der Waals surface area (Å²) in [5, 5.41) is 2.11. The number of alkyl halides is 3. The van der Waals surface area contributed by atoms with Crippen LogP contribution in [0.3, 0.4) is 0 Å². The van der Waals surface area contributed by atoms with Crippen molar-refractivity contribution in [3.8, 4) is 0 Å². The van der Waals surface area contributed by atoms with E-state index in [9.17, 15) is 22.8 Å². The van der Waals surface area contributed by atoms with E-state index in [-0.39, 0.29) is 23.5 Å². The maximum atomic E-state index is 13.1. The molecule has 1 saturated heterocycles. The number of rotatable bonds is 8. The van der Waals surface area contributed by atoms with Crippen molar-refractivity contribution in [2.45, 2.75) is 37.9 Å². The van der Waals surface area contributed by atoms with Crippen LogP contribution in [0, 0.1) is 5.92 Å². The molecule has 5 nitrogen and oxygen atoms in total. The third-order valence-corrected chi connectivity index (χ3v) is 5.57. The SMILES string of the molecule is COCCNC(=O)[C@@H](CC(C)C)N1C(=O)CS[C@@H]1c1cccc(C(F)(F)F)c1. The molecule has 1 fully saturated rings. The van der Waals surface area contributed by atoms with Crippen LogP contribution in [0.5, 0.6) is 0 Å². The van der Waals surface area contributed by atoms with Crippen molar-refractivity contribution in [1.82, 2.24) is 10.2 Å². The number of carbonyl (C=O) groups excluding carboxylic acids is 2. The van der Waals surface area contributed by atoms with Crippen LogP contribution in [0.4, 0.5) is 13.2 Å². The highest BCUT2D eigenvalue weighted by molar-refractivity contribution is 8.00. The molecule has 2 atom stereocenters. The van der Waals surface area contributed by atoms with E-state index in [2.05, 4.69) is 5.32 Å². The Bertz CT molecular complexity index is 697. The molecule has 0 spiro atoms. The Morgan fingerprint density at radius 2 is 2.11 bits per heavy atom. The van der Waals surface area contributed by atoms with E-state index in [4.69, 9.17) is 4.74 Å². The van der Waals surface area contributed by atoms with Gasteiger partial charge in [0.25, 0.3) is 0 Å². The summed E-state index contributed by atoms with van der Waals surface area (Å²) in [5.74, 6) is -0.321. The number of methoxy groups -OCH3 is 1. The fourth-order valence-corrected chi connectivity index (χ4v) is 4.30. The lowest BCUT2D eigenvalue weighted by molar-refractivity contribution is -0.139. The van der Waals surface area contributed by atoms with E-state index < -0.39 is 23.2 Å². The Hall–Kier alpha value is -1.74. The number of benzene rings is 1. The molecule has 2 amide bonds. The Balaban J connectivity index is 2.32. The first-order chi connectivity index (χ1) is 13.1. The van der Waals surface area contributed by atoms with E-state index in [0.29, 0.717) is 25.1 Å². The van der Waals surface area contributed by atoms with Crippen LogP contribution < -0.4 is 5.32 Å². The summed E-state index contributed by atoms with van der Waals surface area (Å²) in [5.41, 5.74) is -0.404. The normalized spacial score (nSPS) is 18.6. The predicted octanol–water partition coefficient (Wildman–Crippen LogP) is 3.46. The standard InChI is InChI=1S/C19H25F3N2O3S/c1-12(2)9-15(17(26)23-7-8-27-3)24-16(25)11-28-18(24)13-5-4-6-14(10-13)19(20,21)22/h4-6,10,12,15,18H,7-9,11H2,1-3H3,(H,23,26)/t15-,18-/m1/s1. The molecule has 1 aliphatic rings. The Morgan fingerprint density at radius 3 is 2.71 bits per heavy atom. The van der Waals surface area contributed by atoms with Gasteiger partial charge in [0.2, 0.25) is 11.8 Å². The first-order valence-electron chi connectivity index (χ1n) is 9.01. The van der Waals surface area contributed by atoms with Crippen LogP contribution in [0.25, 0.3) is 0 Å². The van der Waals surface area contributed by atoms with Crippen molar-refractivity contribution >= 4 is 23.6 Å². The Morgan fingerprint density at radius 1 is 1.39 bits per heavy atom. The van der Waals surface area contributed by atoms with E-state index in [1.54, 1.807) is 6.07 Å². The zero-order valence-electron chi connectivity index (χ0n) is 16.1. The summed E-state index contributed by atoms with van der Waals surface area (Å²) in [7, 11) is 1.52. The van der Waals surface area contributed by atoms with Crippen molar-refractivity contribution < 1.29 is 27.5 Å². The molecule has 28 heavy (non-hydrogen) atoms. The van der Waals surface area contributed by atoms with Crippen LogP contribution >= 0.6 is 11.8 Å². The van der Waals surface area contributed by atoms with Crippen LogP contribution in [0.2, 0.25) is 0 Å². The third kappa shape index (κ3) is 5.64. The zero-order valence-corrected chi connectivity index (χ0v) is 16.9. The predicted molar refractivity (Wildman–Crippen MR) is 102 cm³/mol. The fraction of sp³-hybridized carbons (Fsp3) is 0.579. The first kappa shape index (κ1) is 22.5. The molecule has 2 rings (SSSR count). The average Bonchev–Trinajstić information content (AvgIpc) is 3.00. The molecule has 0 aromatic heterocycles. The van der Waals surface area contributed by atoms with E-state index in [1.807, 2.05) is 13.8 Å². The highest BCUT2D eigenvalue weighted by Gasteiger charge is 2.41. The van der Waals surface area contributed by atoms with Crippen LogP contribution in [-0.4, -0.2) is 48.8 Å². The fourth-order valence-electron chi connectivity index (χ4n) is 3.09. The van der Waals surface area contributed by atoms with Gasteiger partial charge in [-0.1, -0.05) is 26.0 Å². The minimum Gasteiger partial charge on any atom is -0.383 e.